The van der Waals surface area contributed by atoms with Crippen LogP contribution < -0.4 is 0 Å². The normalized spacial score (nSPS) is 13.1. The van der Waals surface area contributed by atoms with E-state index in [0.717, 1.165) is 22.7 Å². The molecule has 0 fully saturated rings. The Bertz CT molecular complexity index is 567. The van der Waals surface area contributed by atoms with E-state index in [-0.39, 0.29) is 0 Å². The van der Waals surface area contributed by atoms with Crippen LogP contribution in [0.25, 0.3) is 11.2 Å². The molecule has 0 N–H and O–H groups in total. The summed E-state index contributed by atoms with van der Waals surface area (Å²) in [6, 6.07) is 3.86. The molecule has 0 aromatic carbocycles. The number of aryl methyl sites for hydroxylation is 2. The van der Waals surface area contributed by atoms with E-state index in [1.807, 2.05) is 23.6 Å². The van der Waals surface area contributed by atoms with Gasteiger partial charge in [-0.1, -0.05) is 0 Å². The molecule has 17 heavy (non-hydrogen) atoms. The molecule has 4 nitrogen and oxygen atoms in total. The Morgan fingerprint density at radius 2 is 2.18 bits per heavy atom. The molecule has 0 aliphatic heterocycles. The molecule has 1 unspecified atom stereocenters. The zero-order chi connectivity index (χ0) is 12.4. The summed E-state index contributed by atoms with van der Waals surface area (Å²) < 4.78 is 13.1. The van der Waals surface area contributed by atoms with Gasteiger partial charge in [0.1, 0.15) is 11.3 Å². The predicted molar refractivity (Wildman–Crippen MR) is 70.8 cm³/mol. The Kier molecular flexibility index (Phi) is 3.79. The van der Waals surface area contributed by atoms with E-state index in [1.54, 1.807) is 6.26 Å². The van der Waals surface area contributed by atoms with Crippen molar-refractivity contribution >= 4 is 33.6 Å². The Hall–Kier alpha value is -0.940. The van der Waals surface area contributed by atoms with Gasteiger partial charge in [0.25, 0.3) is 0 Å². The average Bonchev–Trinajstić information content (AvgIpc) is 2.63. The van der Waals surface area contributed by atoms with Gasteiger partial charge in [-0.2, -0.15) is 0 Å². The number of pyridine rings is 1. The summed E-state index contributed by atoms with van der Waals surface area (Å²) in [5, 5.41) is 0. The van der Waals surface area contributed by atoms with Gasteiger partial charge in [-0.25, -0.2) is 9.97 Å². The van der Waals surface area contributed by atoms with Crippen molar-refractivity contribution in [3.05, 3.63) is 23.7 Å². The lowest BCUT2D eigenvalue weighted by Gasteiger charge is -2.05. The number of nitrogens with zero attached hydrogens (tertiary/aromatic N) is 3. The predicted octanol–water partition coefficient (Wildman–Crippen LogP) is 1.86. The van der Waals surface area contributed by atoms with E-state index in [0.29, 0.717) is 18.2 Å². The maximum atomic E-state index is 11.2. The molecule has 0 spiro atoms. The van der Waals surface area contributed by atoms with Crippen LogP contribution in [0.1, 0.15) is 11.5 Å². The summed E-state index contributed by atoms with van der Waals surface area (Å²) >= 11 is 5.87. The topological polar surface area (TPSA) is 47.8 Å². The van der Waals surface area contributed by atoms with Crippen molar-refractivity contribution in [2.45, 2.75) is 19.3 Å². The molecule has 2 aromatic heterocycles. The lowest BCUT2D eigenvalue weighted by atomic mass is 10.3. The van der Waals surface area contributed by atoms with Gasteiger partial charge in [0.2, 0.25) is 0 Å². The van der Waals surface area contributed by atoms with Crippen molar-refractivity contribution in [2.75, 3.05) is 12.0 Å². The Morgan fingerprint density at radius 3 is 2.82 bits per heavy atom. The van der Waals surface area contributed by atoms with Crippen molar-refractivity contribution in [3.8, 4) is 0 Å². The first-order chi connectivity index (χ1) is 8.11. The van der Waals surface area contributed by atoms with Crippen LogP contribution in [0.5, 0.6) is 0 Å². The van der Waals surface area contributed by atoms with E-state index in [2.05, 4.69) is 9.97 Å². The van der Waals surface area contributed by atoms with Gasteiger partial charge in [-0.15, -0.1) is 11.6 Å². The summed E-state index contributed by atoms with van der Waals surface area (Å²) in [5.74, 6) is 1.71. The van der Waals surface area contributed by atoms with Crippen molar-refractivity contribution in [3.63, 3.8) is 0 Å². The van der Waals surface area contributed by atoms with Crippen molar-refractivity contribution in [1.82, 2.24) is 14.5 Å². The van der Waals surface area contributed by atoms with Gasteiger partial charge in [0.05, 0.1) is 5.88 Å². The second-order valence-electron chi connectivity index (χ2n) is 3.89. The Morgan fingerprint density at radius 1 is 1.41 bits per heavy atom. The van der Waals surface area contributed by atoms with E-state index < -0.39 is 10.8 Å². The molecule has 2 aromatic rings. The lowest BCUT2D eigenvalue weighted by Crippen LogP contribution is -2.09. The maximum Gasteiger partial charge on any atom is 0.160 e. The molecule has 0 amide bonds. The van der Waals surface area contributed by atoms with Gasteiger partial charge in [-0.05, 0) is 19.1 Å². The smallest absolute Gasteiger partial charge is 0.160 e. The molecule has 0 radical (unpaired) electrons. The number of halogens is 1. The number of hydrogen-bond acceptors (Lipinski definition) is 3. The fourth-order valence-corrected chi connectivity index (χ4v) is 2.34. The molecule has 92 valence electrons. The standard InChI is InChI=1S/C11H14ClN3OS/c1-8-3-4-9-11(13-8)15(5-6-17(2)16)10(7-12)14-9/h3-4H,5-7H2,1-2H3. The molecular weight excluding hydrogens is 258 g/mol. The third kappa shape index (κ3) is 2.66. The minimum Gasteiger partial charge on any atom is -0.311 e. The van der Waals surface area contributed by atoms with Crippen LogP contribution in [0.15, 0.2) is 12.1 Å². The molecule has 0 bridgehead atoms. The van der Waals surface area contributed by atoms with Gasteiger partial charge in [0, 0.05) is 35.0 Å². The van der Waals surface area contributed by atoms with Crippen LogP contribution in [0, 0.1) is 6.92 Å². The van der Waals surface area contributed by atoms with Crippen molar-refractivity contribution < 1.29 is 4.21 Å². The van der Waals surface area contributed by atoms with E-state index in [4.69, 9.17) is 11.6 Å². The summed E-state index contributed by atoms with van der Waals surface area (Å²) in [4.78, 5) is 8.88. The zero-order valence-electron chi connectivity index (χ0n) is 9.81. The van der Waals surface area contributed by atoms with Crippen LogP contribution in [0.2, 0.25) is 0 Å². The van der Waals surface area contributed by atoms with Crippen LogP contribution in [0.3, 0.4) is 0 Å². The molecule has 6 heteroatoms. The van der Waals surface area contributed by atoms with Crippen LogP contribution >= 0.6 is 11.6 Å². The van der Waals surface area contributed by atoms with E-state index in [9.17, 15) is 4.21 Å². The van der Waals surface area contributed by atoms with Gasteiger partial charge in [-0.3, -0.25) is 4.21 Å². The number of aromatic nitrogens is 3. The SMILES string of the molecule is Cc1ccc2nc(CCl)n(CCS(C)=O)c2n1. The quantitative estimate of drug-likeness (QED) is 0.798. The average molecular weight is 272 g/mol. The molecule has 0 saturated heterocycles. The molecule has 1 atom stereocenters. The first-order valence-corrected chi connectivity index (χ1v) is 7.56. The first-order valence-electron chi connectivity index (χ1n) is 5.30. The fraction of sp³-hybridized carbons (Fsp3) is 0.455. The molecular formula is C11H14ClN3OS. The zero-order valence-corrected chi connectivity index (χ0v) is 11.4. The summed E-state index contributed by atoms with van der Waals surface area (Å²) in [6.07, 6.45) is 1.69. The van der Waals surface area contributed by atoms with Crippen molar-refractivity contribution in [2.24, 2.45) is 0 Å². The highest BCUT2D eigenvalue weighted by atomic mass is 35.5. The minimum atomic E-state index is -0.828. The third-order valence-corrected chi connectivity index (χ3v) is 3.53. The largest absolute Gasteiger partial charge is 0.311 e. The number of fused-ring (bicyclic) bond motifs is 1. The Labute approximate surface area is 107 Å². The van der Waals surface area contributed by atoms with E-state index in [1.165, 1.54) is 0 Å². The Balaban J connectivity index is 2.48. The van der Waals surface area contributed by atoms with Gasteiger partial charge in [0.15, 0.2) is 5.65 Å². The minimum absolute atomic E-state index is 0.339. The van der Waals surface area contributed by atoms with Crippen LogP contribution in [-0.2, 0) is 23.2 Å². The van der Waals surface area contributed by atoms with Gasteiger partial charge >= 0.3 is 0 Å². The molecule has 0 aliphatic rings. The highest BCUT2D eigenvalue weighted by Crippen LogP contribution is 2.16. The van der Waals surface area contributed by atoms with Crippen LogP contribution in [-0.4, -0.2) is 30.8 Å². The highest BCUT2D eigenvalue weighted by Gasteiger charge is 2.11. The first kappa shape index (κ1) is 12.5. The molecule has 0 aliphatic carbocycles. The third-order valence-electron chi connectivity index (χ3n) is 2.53. The number of rotatable bonds is 4. The van der Waals surface area contributed by atoms with Crippen LogP contribution in [0.4, 0.5) is 0 Å². The fourth-order valence-electron chi connectivity index (χ4n) is 1.70. The summed E-state index contributed by atoms with van der Waals surface area (Å²) in [6.45, 7) is 2.58. The molecule has 0 saturated carbocycles. The number of hydrogen-bond donors (Lipinski definition) is 0. The summed E-state index contributed by atoms with van der Waals surface area (Å²) in [5.41, 5.74) is 2.61. The maximum absolute atomic E-state index is 11.2. The van der Waals surface area contributed by atoms with Crippen molar-refractivity contribution in [1.29, 1.82) is 0 Å². The highest BCUT2D eigenvalue weighted by molar-refractivity contribution is 7.84. The molecule has 2 rings (SSSR count). The number of alkyl halides is 1. The van der Waals surface area contributed by atoms with E-state index >= 15 is 0 Å². The second-order valence-corrected chi connectivity index (χ2v) is 5.71. The summed E-state index contributed by atoms with van der Waals surface area (Å²) in [7, 11) is -0.828. The second kappa shape index (κ2) is 5.14. The number of imidazole rings is 1. The monoisotopic (exact) mass is 271 g/mol. The van der Waals surface area contributed by atoms with Gasteiger partial charge < -0.3 is 4.57 Å². The lowest BCUT2D eigenvalue weighted by molar-refractivity contribution is 0.675. The molecule has 2 heterocycles.